The van der Waals surface area contributed by atoms with Crippen molar-refractivity contribution in [2.45, 2.75) is 31.8 Å². The van der Waals surface area contributed by atoms with Gasteiger partial charge < -0.3 is 19.6 Å². The molecule has 1 aliphatic rings. The third kappa shape index (κ3) is 4.84. The maximum Gasteiger partial charge on any atom is 0.371 e. The number of carboxylic acid groups (broad SMARTS) is 1. The van der Waals surface area contributed by atoms with Gasteiger partial charge in [-0.1, -0.05) is 30.3 Å². The average molecular weight is 487 g/mol. The molecule has 7 nitrogen and oxygen atoms in total. The zero-order valence-electron chi connectivity index (χ0n) is 19.1. The minimum absolute atomic E-state index is 0.0258. The first-order chi connectivity index (χ1) is 17.4. The number of anilines is 1. The molecular weight excluding hydrogens is 465 g/mol. The number of rotatable bonds is 7. The number of ether oxygens (including phenoxy) is 1. The summed E-state index contributed by atoms with van der Waals surface area (Å²) in [4.78, 5) is 36.5. The minimum Gasteiger partial charge on any atom is -0.490 e. The van der Waals surface area contributed by atoms with E-state index >= 15 is 0 Å². The molecule has 0 spiro atoms. The topological polar surface area (TPSA) is 106 Å². The van der Waals surface area contributed by atoms with Crippen LogP contribution in [0.15, 0.2) is 75.9 Å². The zero-order valence-corrected chi connectivity index (χ0v) is 19.1. The van der Waals surface area contributed by atoms with Crippen LogP contribution in [0.2, 0.25) is 0 Å². The fourth-order valence-electron chi connectivity index (χ4n) is 4.42. The van der Waals surface area contributed by atoms with Gasteiger partial charge in [0.25, 0.3) is 5.91 Å². The van der Waals surface area contributed by atoms with E-state index in [0.29, 0.717) is 12.0 Å². The lowest BCUT2D eigenvalue weighted by Crippen LogP contribution is -2.14. The Morgan fingerprint density at radius 1 is 1.06 bits per heavy atom. The van der Waals surface area contributed by atoms with Crippen molar-refractivity contribution in [3.8, 4) is 5.75 Å². The van der Waals surface area contributed by atoms with Crippen molar-refractivity contribution < 1.29 is 28.2 Å². The van der Waals surface area contributed by atoms with Crippen LogP contribution in [0.5, 0.6) is 5.75 Å². The Bertz CT molecular complexity index is 1530. The molecule has 2 N–H and O–H groups in total. The molecular formula is C28H22FNO6. The molecule has 1 aromatic heterocycles. The van der Waals surface area contributed by atoms with Gasteiger partial charge in [0.15, 0.2) is 11.0 Å². The minimum atomic E-state index is -1.45. The van der Waals surface area contributed by atoms with Crippen molar-refractivity contribution >= 4 is 28.5 Å². The molecule has 2 heterocycles. The van der Waals surface area contributed by atoms with Gasteiger partial charge in [-0.25, -0.2) is 9.18 Å². The summed E-state index contributed by atoms with van der Waals surface area (Å²) >= 11 is 0. The molecule has 182 valence electrons. The molecule has 0 aliphatic carbocycles. The van der Waals surface area contributed by atoms with E-state index in [9.17, 15) is 23.9 Å². The van der Waals surface area contributed by atoms with Gasteiger partial charge in [-0.2, -0.15) is 0 Å². The van der Waals surface area contributed by atoms with E-state index in [2.05, 4.69) is 17.4 Å². The Hall–Kier alpha value is -4.46. The van der Waals surface area contributed by atoms with Gasteiger partial charge >= 0.3 is 5.97 Å². The highest BCUT2D eigenvalue weighted by molar-refractivity contribution is 6.08. The van der Waals surface area contributed by atoms with Gasteiger partial charge in [0.2, 0.25) is 5.76 Å². The summed E-state index contributed by atoms with van der Waals surface area (Å²) < 4.78 is 25.5. The van der Waals surface area contributed by atoms with Crippen LogP contribution in [0, 0.1) is 5.82 Å². The zero-order chi connectivity index (χ0) is 25.2. The quantitative estimate of drug-likeness (QED) is 0.371. The smallest absolute Gasteiger partial charge is 0.371 e. The summed E-state index contributed by atoms with van der Waals surface area (Å²) in [6.45, 7) is 0. The Kier molecular flexibility index (Phi) is 6.25. The number of benzene rings is 3. The number of hydrogen-bond acceptors (Lipinski definition) is 5. The Morgan fingerprint density at radius 3 is 2.64 bits per heavy atom. The molecule has 0 fully saturated rings. The van der Waals surface area contributed by atoms with Crippen molar-refractivity contribution in [3.63, 3.8) is 0 Å². The number of fused-ring (bicyclic) bond motifs is 2. The number of carbonyl (C=O) groups excluding carboxylic acids is 1. The monoisotopic (exact) mass is 487 g/mol. The fourth-order valence-corrected chi connectivity index (χ4v) is 4.42. The molecule has 8 heteroatoms. The van der Waals surface area contributed by atoms with E-state index in [1.165, 1.54) is 5.56 Å². The highest BCUT2D eigenvalue weighted by atomic mass is 19.1. The Balaban J connectivity index is 1.31. The lowest BCUT2D eigenvalue weighted by molar-refractivity contribution is 0.0663. The third-order valence-corrected chi connectivity index (χ3v) is 6.15. The number of nitrogens with one attached hydrogen (secondary N) is 1. The maximum atomic E-state index is 14.2. The average Bonchev–Trinajstić information content (AvgIpc) is 3.27. The first-order valence-corrected chi connectivity index (χ1v) is 11.5. The van der Waals surface area contributed by atoms with Gasteiger partial charge in [0, 0.05) is 24.1 Å². The molecule has 4 aromatic rings. The standard InChI is InChI=1S/C28H22FNO6/c29-19-13-21-23(31)15-25(28(33)34)36-26(21)22(14-19)30-27(32)17-9-10-24-18(11-17)12-20(35-24)8-4-7-16-5-2-1-3-6-16/h1-3,5-6,9-11,13-15,20H,4,7-8,12H2,(H,30,32)(H,33,34). The lowest BCUT2D eigenvalue weighted by Gasteiger charge is -2.10. The number of hydrogen-bond donors (Lipinski definition) is 2. The SMILES string of the molecule is O=C(Nc1cc(F)cc2c(=O)cc(C(=O)O)oc12)c1ccc2c(c1)CC(CCCc1ccccc1)O2. The number of aryl methyl sites for hydroxylation is 1. The van der Waals surface area contributed by atoms with E-state index in [-0.39, 0.29) is 22.8 Å². The molecule has 1 amide bonds. The van der Waals surface area contributed by atoms with Crippen LogP contribution in [-0.2, 0) is 12.8 Å². The molecule has 1 unspecified atom stereocenters. The second kappa shape index (κ2) is 9.65. The van der Waals surface area contributed by atoms with Crippen LogP contribution in [0.3, 0.4) is 0 Å². The predicted octanol–water partition coefficient (Wildman–Crippen LogP) is 5.21. The van der Waals surface area contributed by atoms with Crippen LogP contribution in [-0.4, -0.2) is 23.1 Å². The van der Waals surface area contributed by atoms with Crippen LogP contribution in [0.4, 0.5) is 10.1 Å². The van der Waals surface area contributed by atoms with Crippen molar-refractivity contribution in [1.82, 2.24) is 0 Å². The van der Waals surface area contributed by atoms with Gasteiger partial charge in [-0.15, -0.1) is 0 Å². The first kappa shape index (κ1) is 23.3. The molecule has 1 aliphatic heterocycles. The second-order valence-corrected chi connectivity index (χ2v) is 8.71. The van der Waals surface area contributed by atoms with Gasteiger partial charge in [-0.3, -0.25) is 9.59 Å². The van der Waals surface area contributed by atoms with Gasteiger partial charge in [-0.05, 0) is 54.7 Å². The molecule has 5 rings (SSSR count). The maximum absolute atomic E-state index is 14.2. The normalized spacial score (nSPS) is 14.3. The summed E-state index contributed by atoms with van der Waals surface area (Å²) in [6.07, 6.45) is 3.52. The van der Waals surface area contributed by atoms with Crippen LogP contribution < -0.4 is 15.5 Å². The van der Waals surface area contributed by atoms with Crippen LogP contribution in [0.25, 0.3) is 11.0 Å². The molecule has 0 radical (unpaired) electrons. The number of amides is 1. The Labute approximate surface area is 205 Å². The third-order valence-electron chi connectivity index (χ3n) is 6.15. The first-order valence-electron chi connectivity index (χ1n) is 11.5. The molecule has 36 heavy (non-hydrogen) atoms. The summed E-state index contributed by atoms with van der Waals surface area (Å²) in [5.41, 5.74) is 1.43. The molecule has 3 aromatic carbocycles. The summed E-state index contributed by atoms with van der Waals surface area (Å²) in [6, 6.07) is 18.0. The predicted molar refractivity (Wildman–Crippen MR) is 131 cm³/mol. The van der Waals surface area contributed by atoms with Crippen molar-refractivity contribution in [2.75, 3.05) is 5.32 Å². The molecule has 0 saturated carbocycles. The highest BCUT2D eigenvalue weighted by Gasteiger charge is 2.24. The van der Waals surface area contributed by atoms with Crippen LogP contribution in [0.1, 0.15) is 44.9 Å². The highest BCUT2D eigenvalue weighted by Crippen LogP contribution is 2.32. The van der Waals surface area contributed by atoms with Gasteiger partial charge in [0.1, 0.15) is 17.7 Å². The fraction of sp³-hybridized carbons (Fsp3) is 0.179. The van der Waals surface area contributed by atoms with Crippen LogP contribution >= 0.6 is 0 Å². The number of carbonyl (C=O) groups is 2. The number of halogens is 1. The van der Waals surface area contributed by atoms with Crippen molar-refractivity contribution in [2.24, 2.45) is 0 Å². The largest absolute Gasteiger partial charge is 0.490 e. The number of aromatic carboxylic acids is 1. The summed E-state index contributed by atoms with van der Waals surface area (Å²) in [5.74, 6) is -2.66. The van der Waals surface area contributed by atoms with E-state index in [1.807, 2.05) is 18.2 Å². The van der Waals surface area contributed by atoms with Crippen molar-refractivity contribution in [1.29, 1.82) is 0 Å². The van der Waals surface area contributed by atoms with Gasteiger partial charge in [0.05, 0.1) is 11.1 Å². The van der Waals surface area contributed by atoms with Crippen molar-refractivity contribution in [3.05, 3.63) is 105 Å². The van der Waals surface area contributed by atoms with E-state index in [0.717, 1.165) is 48.8 Å². The molecule has 0 bridgehead atoms. The van der Waals surface area contributed by atoms with E-state index in [4.69, 9.17) is 9.15 Å². The van der Waals surface area contributed by atoms with E-state index < -0.39 is 28.9 Å². The van der Waals surface area contributed by atoms with E-state index in [1.54, 1.807) is 18.2 Å². The number of carboxylic acids is 1. The second-order valence-electron chi connectivity index (χ2n) is 8.71. The molecule has 0 saturated heterocycles. The summed E-state index contributed by atoms with van der Waals surface area (Å²) in [7, 11) is 0. The lowest BCUT2D eigenvalue weighted by atomic mass is 10.0. The molecule has 1 atom stereocenters. The Morgan fingerprint density at radius 2 is 1.86 bits per heavy atom. The summed E-state index contributed by atoms with van der Waals surface area (Å²) in [5, 5.41) is 11.6.